The van der Waals surface area contributed by atoms with Gasteiger partial charge in [-0.15, -0.1) is 0 Å². The Morgan fingerprint density at radius 3 is 2.56 bits per heavy atom. The summed E-state index contributed by atoms with van der Waals surface area (Å²) in [6.07, 6.45) is 2.80. The fourth-order valence-corrected chi connectivity index (χ4v) is 3.68. The second-order valence-electron chi connectivity index (χ2n) is 7.41. The van der Waals surface area contributed by atoms with Crippen LogP contribution in [0.2, 0.25) is 0 Å². The second-order valence-corrected chi connectivity index (χ2v) is 7.41. The van der Waals surface area contributed by atoms with Gasteiger partial charge in [-0.05, 0) is 43.2 Å². The third kappa shape index (κ3) is 5.81. The molecule has 0 unspecified atom stereocenters. The number of aromatic nitrogens is 1. The van der Waals surface area contributed by atoms with Crippen LogP contribution in [0.25, 0.3) is 10.9 Å². The summed E-state index contributed by atoms with van der Waals surface area (Å²) in [5.41, 5.74) is 3.04. The van der Waals surface area contributed by atoms with Crippen molar-refractivity contribution in [1.29, 1.82) is 0 Å². The molecule has 7 heteroatoms. The van der Waals surface area contributed by atoms with Gasteiger partial charge >= 0.3 is 5.97 Å². The van der Waals surface area contributed by atoms with Crippen LogP contribution in [0.3, 0.4) is 0 Å². The number of esters is 1. The van der Waals surface area contributed by atoms with Crippen LogP contribution in [-0.2, 0) is 27.3 Å². The molecule has 32 heavy (non-hydrogen) atoms. The van der Waals surface area contributed by atoms with E-state index in [1.54, 1.807) is 26.0 Å². The van der Waals surface area contributed by atoms with Crippen molar-refractivity contribution >= 4 is 22.8 Å². The molecule has 2 aromatic carbocycles. The summed E-state index contributed by atoms with van der Waals surface area (Å²) in [5.74, 6) is 1.06. The van der Waals surface area contributed by atoms with Crippen LogP contribution in [0.5, 0.6) is 11.5 Å². The van der Waals surface area contributed by atoms with Crippen LogP contribution in [0.1, 0.15) is 30.9 Å². The summed E-state index contributed by atoms with van der Waals surface area (Å²) in [6, 6.07) is 13.5. The van der Waals surface area contributed by atoms with E-state index in [-0.39, 0.29) is 24.7 Å². The molecule has 0 aliphatic rings. The van der Waals surface area contributed by atoms with Gasteiger partial charge in [0, 0.05) is 42.2 Å². The number of carbonyl (C=O) groups is 2. The summed E-state index contributed by atoms with van der Waals surface area (Å²) >= 11 is 0. The fraction of sp³-hybridized carbons (Fsp3) is 0.360. The number of H-pyrrole nitrogens is 1. The van der Waals surface area contributed by atoms with Gasteiger partial charge in [0.15, 0.2) is 0 Å². The highest BCUT2D eigenvalue weighted by Crippen LogP contribution is 2.25. The lowest BCUT2D eigenvalue weighted by molar-refractivity contribution is -0.145. The van der Waals surface area contributed by atoms with Crippen molar-refractivity contribution in [2.24, 2.45) is 0 Å². The van der Waals surface area contributed by atoms with Gasteiger partial charge in [-0.1, -0.05) is 18.2 Å². The Balaban J connectivity index is 1.77. The first-order chi connectivity index (χ1) is 15.5. The predicted molar refractivity (Wildman–Crippen MR) is 123 cm³/mol. The zero-order valence-electron chi connectivity index (χ0n) is 18.8. The lowest BCUT2D eigenvalue weighted by Crippen LogP contribution is -2.33. The lowest BCUT2D eigenvalue weighted by atomic mass is 10.1. The van der Waals surface area contributed by atoms with E-state index in [1.165, 1.54) is 0 Å². The summed E-state index contributed by atoms with van der Waals surface area (Å²) in [5, 5.41) is 1.07. The van der Waals surface area contributed by atoms with E-state index in [0.29, 0.717) is 26.1 Å². The molecule has 1 aromatic heterocycles. The number of nitrogens with one attached hydrogen (secondary N) is 1. The van der Waals surface area contributed by atoms with Gasteiger partial charge < -0.3 is 24.1 Å². The molecule has 0 saturated carbocycles. The molecule has 3 aromatic rings. The van der Waals surface area contributed by atoms with E-state index in [1.807, 2.05) is 48.7 Å². The number of amides is 1. The van der Waals surface area contributed by atoms with Crippen LogP contribution in [0.15, 0.2) is 48.7 Å². The Morgan fingerprint density at radius 2 is 1.81 bits per heavy atom. The minimum absolute atomic E-state index is 0.0688. The molecule has 0 saturated heterocycles. The molecule has 170 valence electrons. The van der Waals surface area contributed by atoms with Crippen molar-refractivity contribution in [3.63, 3.8) is 0 Å². The van der Waals surface area contributed by atoms with E-state index in [2.05, 4.69) is 4.98 Å². The Hall–Kier alpha value is -3.48. The highest BCUT2D eigenvalue weighted by molar-refractivity contribution is 5.85. The number of rotatable bonds is 11. The number of para-hydroxylation sites is 1. The predicted octanol–water partition coefficient (Wildman–Crippen LogP) is 4.10. The van der Waals surface area contributed by atoms with Crippen LogP contribution < -0.4 is 9.47 Å². The number of ether oxygens (including phenoxy) is 3. The molecule has 0 atom stereocenters. The first kappa shape index (κ1) is 23.2. The first-order valence-corrected chi connectivity index (χ1v) is 10.7. The van der Waals surface area contributed by atoms with Gasteiger partial charge in [0.1, 0.15) is 11.5 Å². The minimum atomic E-state index is -0.359. The van der Waals surface area contributed by atoms with Crippen molar-refractivity contribution < 1.29 is 23.8 Å². The molecule has 0 spiro atoms. The molecule has 1 N–H and O–H groups in total. The molecule has 0 aliphatic heterocycles. The van der Waals surface area contributed by atoms with Gasteiger partial charge in [-0.2, -0.15) is 0 Å². The third-order valence-corrected chi connectivity index (χ3v) is 5.38. The number of fused-ring (bicyclic) bond motifs is 1. The largest absolute Gasteiger partial charge is 0.497 e. The number of hydrogen-bond acceptors (Lipinski definition) is 5. The number of carbonyl (C=O) groups excluding carboxylic acids is 2. The number of nitrogens with zero attached hydrogens (tertiary/aromatic N) is 1. The summed E-state index contributed by atoms with van der Waals surface area (Å²) in [6.45, 7) is 2.97. The van der Waals surface area contributed by atoms with E-state index < -0.39 is 0 Å². The van der Waals surface area contributed by atoms with Crippen molar-refractivity contribution in [3.05, 3.63) is 59.8 Å². The Bertz CT molecular complexity index is 1060. The summed E-state index contributed by atoms with van der Waals surface area (Å²) in [7, 11) is 3.26. The molecule has 0 aliphatic carbocycles. The fourth-order valence-electron chi connectivity index (χ4n) is 3.68. The van der Waals surface area contributed by atoms with E-state index in [0.717, 1.165) is 33.5 Å². The monoisotopic (exact) mass is 438 g/mol. The number of methoxy groups -OCH3 is 2. The van der Waals surface area contributed by atoms with Crippen molar-refractivity contribution in [1.82, 2.24) is 9.88 Å². The zero-order valence-corrected chi connectivity index (χ0v) is 18.8. The Kier molecular flexibility index (Phi) is 8.14. The summed E-state index contributed by atoms with van der Waals surface area (Å²) < 4.78 is 15.8. The van der Waals surface area contributed by atoms with E-state index in [4.69, 9.17) is 14.2 Å². The first-order valence-electron chi connectivity index (χ1n) is 10.7. The van der Waals surface area contributed by atoms with Gasteiger partial charge in [-0.25, -0.2) is 0 Å². The van der Waals surface area contributed by atoms with Gasteiger partial charge in [0.25, 0.3) is 0 Å². The van der Waals surface area contributed by atoms with E-state index in [9.17, 15) is 9.59 Å². The molecule has 0 bridgehead atoms. The number of aromatic amines is 1. The molecule has 3 rings (SSSR count). The minimum Gasteiger partial charge on any atom is -0.497 e. The smallest absolute Gasteiger partial charge is 0.306 e. The Labute approximate surface area is 188 Å². The molecule has 1 heterocycles. The van der Waals surface area contributed by atoms with Crippen molar-refractivity contribution in [2.75, 3.05) is 27.4 Å². The normalized spacial score (nSPS) is 10.7. The average molecular weight is 439 g/mol. The van der Waals surface area contributed by atoms with Crippen LogP contribution in [0, 0.1) is 0 Å². The van der Waals surface area contributed by atoms with Crippen LogP contribution in [0.4, 0.5) is 0 Å². The maximum atomic E-state index is 13.0. The molecule has 7 nitrogen and oxygen atoms in total. The number of hydrogen-bond donors (Lipinski definition) is 1. The van der Waals surface area contributed by atoms with Gasteiger partial charge in [0.2, 0.25) is 5.91 Å². The van der Waals surface area contributed by atoms with Gasteiger partial charge in [-0.3, -0.25) is 9.59 Å². The molecular formula is C25H30N2O5. The topological polar surface area (TPSA) is 80.9 Å². The quantitative estimate of drug-likeness (QED) is 0.456. The average Bonchev–Trinajstić information content (AvgIpc) is 3.22. The Morgan fingerprint density at radius 1 is 1.00 bits per heavy atom. The van der Waals surface area contributed by atoms with Crippen molar-refractivity contribution in [3.8, 4) is 11.5 Å². The third-order valence-electron chi connectivity index (χ3n) is 5.38. The highest BCUT2D eigenvalue weighted by atomic mass is 16.5. The summed E-state index contributed by atoms with van der Waals surface area (Å²) in [4.78, 5) is 29.8. The van der Waals surface area contributed by atoms with Crippen LogP contribution >= 0.6 is 0 Å². The van der Waals surface area contributed by atoms with Gasteiger partial charge in [0.05, 0.1) is 27.2 Å². The SMILES string of the molecule is CCOC(=O)CCC(=O)N(CCc1c[nH]c2ccc(OC)cc12)Cc1ccccc1OC. The highest BCUT2D eigenvalue weighted by Gasteiger charge is 2.18. The standard InChI is InChI=1S/C25H30N2O5/c1-4-32-25(29)12-11-24(28)27(17-19-7-5-6-8-23(19)31-3)14-13-18-16-26-22-10-9-20(30-2)15-21(18)22/h5-10,15-16,26H,4,11-14,17H2,1-3H3. The second kappa shape index (κ2) is 11.2. The molecular weight excluding hydrogens is 408 g/mol. The zero-order chi connectivity index (χ0) is 22.9. The van der Waals surface area contributed by atoms with Crippen LogP contribution in [-0.4, -0.2) is 49.1 Å². The molecule has 1 amide bonds. The number of benzene rings is 2. The van der Waals surface area contributed by atoms with Crippen molar-refractivity contribution in [2.45, 2.75) is 32.7 Å². The molecule has 0 fully saturated rings. The maximum Gasteiger partial charge on any atom is 0.306 e. The lowest BCUT2D eigenvalue weighted by Gasteiger charge is -2.24. The molecule has 0 radical (unpaired) electrons. The maximum absolute atomic E-state index is 13.0. The van der Waals surface area contributed by atoms with E-state index >= 15 is 0 Å².